The molecule has 0 amide bonds. The molecule has 1 heteroatoms. The summed E-state index contributed by atoms with van der Waals surface area (Å²) in [6, 6.07) is 17.1. The van der Waals surface area contributed by atoms with Crippen molar-refractivity contribution in [1.82, 2.24) is 4.98 Å². The van der Waals surface area contributed by atoms with Crippen LogP contribution in [0.1, 0.15) is 62.6 Å². The molecule has 124 valence electrons. The molecule has 1 heterocycles. The number of allylic oxidation sites excluding steroid dienone is 3. The van der Waals surface area contributed by atoms with Gasteiger partial charge in [0, 0.05) is 6.20 Å². The monoisotopic (exact) mass is 317 g/mol. The van der Waals surface area contributed by atoms with Gasteiger partial charge in [0.2, 0.25) is 0 Å². The number of hydrogen-bond acceptors (Lipinski definition) is 1. The van der Waals surface area contributed by atoms with Crippen molar-refractivity contribution in [1.29, 1.82) is 0 Å². The molecule has 0 bridgehead atoms. The first-order chi connectivity index (χ1) is 11.9. The van der Waals surface area contributed by atoms with Gasteiger partial charge in [0.15, 0.2) is 0 Å². The lowest BCUT2D eigenvalue weighted by molar-refractivity contribution is 0.561. The summed E-state index contributed by atoms with van der Waals surface area (Å²) in [5.41, 5.74) is 5.75. The zero-order valence-corrected chi connectivity index (χ0v) is 14.6. The molecular formula is C23H27N. The van der Waals surface area contributed by atoms with E-state index in [4.69, 9.17) is 0 Å². The molecule has 24 heavy (non-hydrogen) atoms. The van der Waals surface area contributed by atoms with Gasteiger partial charge < -0.3 is 0 Å². The third-order valence-corrected chi connectivity index (χ3v) is 4.96. The number of rotatable bonds is 6. The van der Waals surface area contributed by atoms with Gasteiger partial charge in [0.05, 0.1) is 5.69 Å². The summed E-state index contributed by atoms with van der Waals surface area (Å²) in [5.74, 6) is 0.685. The molecule has 0 N–H and O–H groups in total. The van der Waals surface area contributed by atoms with Crippen LogP contribution in [0.5, 0.6) is 0 Å². The molecule has 0 spiro atoms. The first-order valence-corrected chi connectivity index (χ1v) is 9.21. The van der Waals surface area contributed by atoms with Gasteiger partial charge in [0.25, 0.3) is 0 Å². The molecule has 1 nitrogen and oxygen atoms in total. The third kappa shape index (κ3) is 4.44. The maximum absolute atomic E-state index is 4.40. The Hall–Kier alpha value is -2.15. The van der Waals surface area contributed by atoms with Gasteiger partial charge in [-0.3, -0.25) is 4.98 Å². The highest BCUT2D eigenvalue weighted by molar-refractivity contribution is 5.50. The van der Waals surface area contributed by atoms with E-state index in [0.717, 1.165) is 5.69 Å². The summed E-state index contributed by atoms with van der Waals surface area (Å²) in [5, 5.41) is 0. The van der Waals surface area contributed by atoms with E-state index in [1.165, 1.54) is 44.1 Å². The van der Waals surface area contributed by atoms with Crippen molar-refractivity contribution in [2.75, 3.05) is 0 Å². The highest BCUT2D eigenvalue weighted by Gasteiger charge is 2.20. The fraction of sp³-hybridized carbons (Fsp3) is 0.348. The predicted molar refractivity (Wildman–Crippen MR) is 103 cm³/mol. The first-order valence-electron chi connectivity index (χ1n) is 9.21. The SMILES string of the molecule is CCCCC1=C(/C=C/c2ccccn2)CCC(c2ccccc2)C1. The minimum atomic E-state index is 0.685. The Morgan fingerprint density at radius 2 is 1.88 bits per heavy atom. The molecule has 0 saturated heterocycles. The Kier molecular flexibility index (Phi) is 6.01. The van der Waals surface area contributed by atoms with Crippen molar-refractivity contribution < 1.29 is 0 Å². The highest BCUT2D eigenvalue weighted by Crippen LogP contribution is 2.38. The number of pyridine rings is 1. The lowest BCUT2D eigenvalue weighted by Gasteiger charge is -2.27. The lowest BCUT2D eigenvalue weighted by Crippen LogP contribution is -2.09. The van der Waals surface area contributed by atoms with E-state index in [-0.39, 0.29) is 0 Å². The maximum Gasteiger partial charge on any atom is 0.0629 e. The number of benzene rings is 1. The van der Waals surface area contributed by atoms with Crippen LogP contribution in [0.4, 0.5) is 0 Å². The van der Waals surface area contributed by atoms with Crippen LogP contribution in [-0.4, -0.2) is 4.98 Å². The average Bonchev–Trinajstić information content (AvgIpc) is 2.66. The molecule has 1 aliphatic rings. The van der Waals surface area contributed by atoms with Crippen molar-refractivity contribution >= 4 is 6.08 Å². The molecule has 1 aromatic carbocycles. The fourth-order valence-corrected chi connectivity index (χ4v) is 3.56. The van der Waals surface area contributed by atoms with E-state index in [1.54, 1.807) is 11.1 Å². The predicted octanol–water partition coefficient (Wildman–Crippen LogP) is 6.55. The van der Waals surface area contributed by atoms with Gasteiger partial charge in [-0.05, 0) is 67.4 Å². The summed E-state index contributed by atoms with van der Waals surface area (Å²) in [6.07, 6.45) is 13.8. The minimum Gasteiger partial charge on any atom is -0.257 e. The molecule has 0 saturated carbocycles. The molecule has 0 aliphatic heterocycles. The van der Waals surface area contributed by atoms with E-state index >= 15 is 0 Å². The van der Waals surface area contributed by atoms with Crippen LogP contribution in [0.15, 0.2) is 72.0 Å². The smallest absolute Gasteiger partial charge is 0.0629 e. The topological polar surface area (TPSA) is 12.9 Å². The van der Waals surface area contributed by atoms with Crippen molar-refractivity contribution in [2.24, 2.45) is 0 Å². The van der Waals surface area contributed by atoms with Crippen LogP contribution in [0.25, 0.3) is 6.08 Å². The molecule has 1 unspecified atom stereocenters. The summed E-state index contributed by atoms with van der Waals surface area (Å²) >= 11 is 0. The molecular weight excluding hydrogens is 290 g/mol. The number of unbranched alkanes of at least 4 members (excludes halogenated alkanes) is 1. The van der Waals surface area contributed by atoms with E-state index in [2.05, 4.69) is 60.5 Å². The van der Waals surface area contributed by atoms with Crippen molar-refractivity contribution in [3.05, 3.63) is 83.2 Å². The largest absolute Gasteiger partial charge is 0.257 e. The first kappa shape index (κ1) is 16.7. The Morgan fingerprint density at radius 3 is 2.62 bits per heavy atom. The minimum absolute atomic E-state index is 0.685. The van der Waals surface area contributed by atoms with Crippen LogP contribution in [-0.2, 0) is 0 Å². The molecule has 1 aromatic heterocycles. The molecule has 1 aliphatic carbocycles. The van der Waals surface area contributed by atoms with Crippen molar-refractivity contribution in [2.45, 2.75) is 51.4 Å². The number of aromatic nitrogens is 1. The summed E-state index contributed by atoms with van der Waals surface area (Å²) in [6.45, 7) is 2.28. The van der Waals surface area contributed by atoms with E-state index < -0.39 is 0 Å². The standard InChI is InChI=1S/C23H27N/c1-2-3-9-21-18-22(19-10-5-4-6-11-19)14-13-20(21)15-16-23-12-7-8-17-24-23/h4-8,10-12,15-17,22H,2-3,9,13-14,18H2,1H3/b16-15+. The van der Waals surface area contributed by atoms with Gasteiger partial charge in [-0.2, -0.15) is 0 Å². The maximum atomic E-state index is 4.40. The second kappa shape index (κ2) is 8.63. The number of nitrogens with zero attached hydrogens (tertiary/aromatic N) is 1. The quantitative estimate of drug-likeness (QED) is 0.588. The second-order valence-corrected chi connectivity index (χ2v) is 6.67. The highest BCUT2D eigenvalue weighted by atomic mass is 14.6. The Bertz CT molecular complexity index is 682. The zero-order valence-electron chi connectivity index (χ0n) is 14.6. The van der Waals surface area contributed by atoms with Gasteiger partial charge in [0.1, 0.15) is 0 Å². The van der Waals surface area contributed by atoms with Crippen molar-refractivity contribution in [3.63, 3.8) is 0 Å². The Balaban J connectivity index is 1.79. The third-order valence-electron chi connectivity index (χ3n) is 4.96. The molecule has 0 radical (unpaired) electrons. The fourth-order valence-electron chi connectivity index (χ4n) is 3.56. The van der Waals surface area contributed by atoms with E-state index in [1.807, 2.05) is 18.3 Å². The van der Waals surface area contributed by atoms with E-state index in [9.17, 15) is 0 Å². The molecule has 2 aromatic rings. The van der Waals surface area contributed by atoms with Gasteiger partial charge >= 0.3 is 0 Å². The molecule has 1 atom stereocenters. The zero-order chi connectivity index (χ0) is 16.6. The van der Waals surface area contributed by atoms with Gasteiger partial charge in [-0.25, -0.2) is 0 Å². The summed E-state index contributed by atoms with van der Waals surface area (Å²) in [7, 11) is 0. The van der Waals surface area contributed by atoms with Crippen LogP contribution >= 0.6 is 0 Å². The average molecular weight is 317 g/mol. The van der Waals surface area contributed by atoms with Crippen LogP contribution in [0.2, 0.25) is 0 Å². The van der Waals surface area contributed by atoms with Crippen LogP contribution in [0, 0.1) is 0 Å². The Labute approximate surface area is 146 Å². The second-order valence-electron chi connectivity index (χ2n) is 6.67. The Morgan fingerprint density at radius 1 is 1.04 bits per heavy atom. The van der Waals surface area contributed by atoms with Crippen LogP contribution < -0.4 is 0 Å². The van der Waals surface area contributed by atoms with Gasteiger partial charge in [-0.1, -0.05) is 61.4 Å². The van der Waals surface area contributed by atoms with E-state index in [0.29, 0.717) is 5.92 Å². The molecule has 3 rings (SSSR count). The normalized spacial score (nSPS) is 18.3. The molecule has 0 fully saturated rings. The summed E-state index contributed by atoms with van der Waals surface area (Å²) in [4.78, 5) is 4.40. The summed E-state index contributed by atoms with van der Waals surface area (Å²) < 4.78 is 0. The van der Waals surface area contributed by atoms with Gasteiger partial charge in [-0.15, -0.1) is 0 Å². The van der Waals surface area contributed by atoms with Crippen LogP contribution in [0.3, 0.4) is 0 Å². The van der Waals surface area contributed by atoms with Crippen molar-refractivity contribution in [3.8, 4) is 0 Å². The number of hydrogen-bond donors (Lipinski definition) is 0. The lowest BCUT2D eigenvalue weighted by atomic mass is 9.78.